The van der Waals surface area contributed by atoms with Crippen molar-refractivity contribution in [2.45, 2.75) is 104 Å². The van der Waals surface area contributed by atoms with E-state index in [-0.39, 0.29) is 6.10 Å². The summed E-state index contributed by atoms with van der Waals surface area (Å²) in [6.45, 7) is 13.2. The lowest BCUT2D eigenvalue weighted by Crippen LogP contribution is -2.36. The number of rotatable bonds is 6. The molecule has 3 nitrogen and oxygen atoms in total. The van der Waals surface area contributed by atoms with Gasteiger partial charge < -0.3 is 15.3 Å². The SMILES string of the molecule is C=C1/C(=C\C=C2\CCC[C@@]3(C)[C@H]2CC[C@H]3[C@H](C)CC[C@@H](O)C(C)C)C[C@@H](O)C[C@@H]1O. The minimum Gasteiger partial charge on any atom is -0.393 e. The molecule has 3 aliphatic rings. The lowest BCUT2D eigenvalue weighted by atomic mass is 9.60. The number of aliphatic hydroxyl groups excluding tert-OH is 3. The van der Waals surface area contributed by atoms with Crippen molar-refractivity contribution in [3.05, 3.63) is 35.5 Å². The third-order valence-corrected chi connectivity index (χ3v) is 8.68. The highest BCUT2D eigenvalue weighted by molar-refractivity contribution is 5.38. The van der Waals surface area contributed by atoms with Crippen LogP contribution in [0.15, 0.2) is 35.5 Å². The third kappa shape index (κ3) is 4.95. The molecule has 0 aromatic rings. The predicted molar refractivity (Wildman–Crippen MR) is 124 cm³/mol. The first-order valence-electron chi connectivity index (χ1n) is 12.3. The average Bonchev–Trinajstić information content (AvgIpc) is 3.04. The number of aliphatic hydroxyl groups is 3. The minimum absolute atomic E-state index is 0.180. The molecule has 3 fully saturated rings. The maximum atomic E-state index is 10.3. The van der Waals surface area contributed by atoms with Gasteiger partial charge in [0.2, 0.25) is 0 Å². The Bertz CT molecular complexity index is 676. The van der Waals surface area contributed by atoms with E-state index in [9.17, 15) is 15.3 Å². The summed E-state index contributed by atoms with van der Waals surface area (Å²) in [6, 6.07) is 0. The van der Waals surface area contributed by atoms with E-state index in [2.05, 4.69) is 46.4 Å². The highest BCUT2D eigenvalue weighted by Gasteiger charge is 2.50. The molecule has 0 saturated heterocycles. The largest absolute Gasteiger partial charge is 0.393 e. The summed E-state index contributed by atoms with van der Waals surface area (Å²) in [5.41, 5.74) is 3.69. The summed E-state index contributed by atoms with van der Waals surface area (Å²) in [4.78, 5) is 0. The van der Waals surface area contributed by atoms with Crippen molar-refractivity contribution in [3.8, 4) is 0 Å². The molecule has 0 unspecified atom stereocenters. The maximum Gasteiger partial charge on any atom is 0.0811 e. The molecule has 3 saturated carbocycles. The van der Waals surface area contributed by atoms with Crippen molar-refractivity contribution in [1.82, 2.24) is 0 Å². The average molecular weight is 417 g/mol. The van der Waals surface area contributed by atoms with Gasteiger partial charge in [0, 0.05) is 6.42 Å². The lowest BCUT2D eigenvalue weighted by Gasteiger charge is -2.44. The van der Waals surface area contributed by atoms with Crippen molar-refractivity contribution in [3.63, 3.8) is 0 Å². The molecule has 0 spiro atoms. The fourth-order valence-corrected chi connectivity index (χ4v) is 6.65. The smallest absolute Gasteiger partial charge is 0.0811 e. The van der Waals surface area contributed by atoms with E-state index in [1.165, 1.54) is 25.7 Å². The summed E-state index contributed by atoms with van der Waals surface area (Å²) < 4.78 is 0. The Morgan fingerprint density at radius 3 is 2.57 bits per heavy atom. The van der Waals surface area contributed by atoms with E-state index in [1.54, 1.807) is 5.57 Å². The van der Waals surface area contributed by atoms with Crippen LogP contribution in [-0.4, -0.2) is 33.6 Å². The quantitative estimate of drug-likeness (QED) is 0.531. The van der Waals surface area contributed by atoms with Crippen molar-refractivity contribution < 1.29 is 15.3 Å². The second-order valence-electron chi connectivity index (χ2n) is 11.0. The predicted octanol–water partition coefficient (Wildman–Crippen LogP) is 5.56. The second-order valence-corrected chi connectivity index (χ2v) is 11.0. The Balaban J connectivity index is 1.72. The van der Waals surface area contributed by atoms with Crippen LogP contribution in [0.25, 0.3) is 0 Å². The molecule has 7 atom stereocenters. The van der Waals surface area contributed by atoms with Gasteiger partial charge in [-0.1, -0.05) is 52.0 Å². The molecule has 0 aliphatic heterocycles. The van der Waals surface area contributed by atoms with Gasteiger partial charge in [-0.2, -0.15) is 0 Å². The molecular formula is C27H44O3. The van der Waals surface area contributed by atoms with Crippen LogP contribution in [0.5, 0.6) is 0 Å². The van der Waals surface area contributed by atoms with E-state index in [0.717, 1.165) is 36.3 Å². The van der Waals surface area contributed by atoms with Crippen LogP contribution in [0, 0.1) is 29.1 Å². The molecule has 0 radical (unpaired) electrons. The summed E-state index contributed by atoms with van der Waals surface area (Å²) in [5, 5.41) is 30.4. The van der Waals surface area contributed by atoms with Gasteiger partial charge in [0.25, 0.3) is 0 Å². The van der Waals surface area contributed by atoms with Gasteiger partial charge in [-0.3, -0.25) is 0 Å². The fourth-order valence-electron chi connectivity index (χ4n) is 6.65. The number of hydrogen-bond acceptors (Lipinski definition) is 3. The van der Waals surface area contributed by atoms with Gasteiger partial charge >= 0.3 is 0 Å². The molecule has 3 N–H and O–H groups in total. The summed E-state index contributed by atoms with van der Waals surface area (Å²) >= 11 is 0. The Kier molecular flexibility index (Phi) is 7.69. The van der Waals surface area contributed by atoms with E-state index >= 15 is 0 Å². The number of hydrogen-bond donors (Lipinski definition) is 3. The highest BCUT2D eigenvalue weighted by atomic mass is 16.3. The molecule has 0 amide bonds. The van der Waals surface area contributed by atoms with E-state index in [1.807, 2.05) is 0 Å². The Morgan fingerprint density at radius 1 is 1.13 bits per heavy atom. The number of fused-ring (bicyclic) bond motifs is 1. The Hall–Kier alpha value is -0.900. The molecule has 0 heterocycles. The highest BCUT2D eigenvalue weighted by Crippen LogP contribution is 2.60. The molecule has 3 aliphatic carbocycles. The Morgan fingerprint density at radius 2 is 1.87 bits per heavy atom. The molecule has 30 heavy (non-hydrogen) atoms. The Labute approximate surface area is 184 Å². The van der Waals surface area contributed by atoms with Gasteiger partial charge in [-0.05, 0) is 91.6 Å². The molecule has 0 aromatic carbocycles. The van der Waals surface area contributed by atoms with Gasteiger partial charge in [0.15, 0.2) is 0 Å². The minimum atomic E-state index is -0.618. The van der Waals surface area contributed by atoms with Crippen LogP contribution in [0.2, 0.25) is 0 Å². The molecular weight excluding hydrogens is 372 g/mol. The zero-order valence-electron chi connectivity index (χ0n) is 19.6. The summed E-state index contributed by atoms with van der Waals surface area (Å²) in [7, 11) is 0. The summed E-state index contributed by atoms with van der Waals surface area (Å²) in [5.74, 6) is 2.35. The zero-order chi connectivity index (χ0) is 22.1. The van der Waals surface area contributed by atoms with Crippen LogP contribution in [0.1, 0.15) is 85.5 Å². The topological polar surface area (TPSA) is 60.7 Å². The second kappa shape index (κ2) is 9.71. The molecule has 3 heteroatoms. The van der Waals surface area contributed by atoms with Crippen LogP contribution >= 0.6 is 0 Å². The standard InChI is InChI=1S/C27H44O3/c1-17(2)25(29)13-8-18(3)23-11-12-24-20(7-6-14-27(23,24)5)9-10-21-15-22(28)16-26(30)19(21)4/h9-10,17-18,22-26,28-30H,4,6-8,11-16H2,1-3,5H3/b20-9-,21-10-/t18-,22-,23+,24+,25-,26+,27-/m1/s1. The molecule has 3 rings (SSSR count). The van der Waals surface area contributed by atoms with Gasteiger partial charge in [0.1, 0.15) is 0 Å². The van der Waals surface area contributed by atoms with Gasteiger partial charge in [-0.15, -0.1) is 0 Å². The summed E-state index contributed by atoms with van der Waals surface area (Å²) in [6.07, 6.45) is 12.4. The van der Waals surface area contributed by atoms with Gasteiger partial charge in [-0.25, -0.2) is 0 Å². The van der Waals surface area contributed by atoms with Crippen LogP contribution < -0.4 is 0 Å². The first-order chi connectivity index (χ1) is 14.1. The van der Waals surface area contributed by atoms with Crippen LogP contribution in [-0.2, 0) is 0 Å². The van der Waals surface area contributed by atoms with Crippen molar-refractivity contribution in [1.29, 1.82) is 0 Å². The van der Waals surface area contributed by atoms with E-state index < -0.39 is 12.2 Å². The first-order valence-corrected chi connectivity index (χ1v) is 12.3. The van der Waals surface area contributed by atoms with Crippen LogP contribution in [0.3, 0.4) is 0 Å². The van der Waals surface area contributed by atoms with Crippen molar-refractivity contribution >= 4 is 0 Å². The zero-order valence-corrected chi connectivity index (χ0v) is 19.6. The van der Waals surface area contributed by atoms with Gasteiger partial charge in [0.05, 0.1) is 18.3 Å². The molecule has 0 bridgehead atoms. The lowest BCUT2D eigenvalue weighted by molar-refractivity contribution is 0.0717. The normalized spacial score (nSPS) is 39.5. The molecule has 0 aromatic heterocycles. The number of allylic oxidation sites excluding steroid dienone is 3. The fraction of sp³-hybridized carbons (Fsp3) is 0.778. The van der Waals surface area contributed by atoms with Crippen LogP contribution in [0.4, 0.5) is 0 Å². The molecule has 170 valence electrons. The maximum absolute atomic E-state index is 10.3. The van der Waals surface area contributed by atoms with Crippen molar-refractivity contribution in [2.24, 2.45) is 29.1 Å². The monoisotopic (exact) mass is 416 g/mol. The first kappa shape index (κ1) is 23.8. The third-order valence-electron chi connectivity index (χ3n) is 8.68. The van der Waals surface area contributed by atoms with E-state index in [0.29, 0.717) is 36.0 Å². The van der Waals surface area contributed by atoms with Crippen molar-refractivity contribution in [2.75, 3.05) is 0 Å². The van der Waals surface area contributed by atoms with E-state index in [4.69, 9.17) is 0 Å².